The van der Waals surface area contributed by atoms with Crippen molar-refractivity contribution in [3.05, 3.63) is 22.7 Å². The number of benzene rings is 1. The molecule has 0 aliphatic heterocycles. The molecule has 0 N–H and O–H groups in total. The lowest BCUT2D eigenvalue weighted by Gasteiger charge is -2.12. The second kappa shape index (κ2) is 7.73. The average molecular weight is 357 g/mol. The Kier molecular flexibility index (Phi) is 6.61. The minimum Gasteiger partial charge on any atom is -0.491 e. The molecule has 0 atom stereocenters. The molecule has 0 fully saturated rings. The summed E-state index contributed by atoms with van der Waals surface area (Å²) in [7, 11) is 0. The summed E-state index contributed by atoms with van der Waals surface area (Å²) in [5.41, 5.74) is 0. The number of hydrogen-bond donors (Lipinski definition) is 0. The summed E-state index contributed by atoms with van der Waals surface area (Å²) >= 11 is 3.01. The Hall–Kier alpha value is -0.950. The van der Waals surface area contributed by atoms with Crippen LogP contribution in [0.2, 0.25) is 0 Å². The van der Waals surface area contributed by atoms with Gasteiger partial charge in [-0.2, -0.15) is 0 Å². The van der Waals surface area contributed by atoms with Crippen LogP contribution >= 0.6 is 15.9 Å². The van der Waals surface area contributed by atoms with Gasteiger partial charge in [0.15, 0.2) is 0 Å². The first-order valence-corrected chi connectivity index (χ1v) is 6.83. The smallest absolute Gasteiger partial charge is 0.491 e. The Morgan fingerprint density at radius 3 is 2.45 bits per heavy atom. The highest BCUT2D eigenvalue weighted by atomic mass is 79.9. The Morgan fingerprint density at radius 1 is 1.20 bits per heavy atom. The predicted molar refractivity (Wildman–Crippen MR) is 72.0 cm³/mol. The van der Waals surface area contributed by atoms with Crippen molar-refractivity contribution in [1.29, 1.82) is 0 Å². The lowest BCUT2D eigenvalue weighted by Crippen LogP contribution is -2.17. The summed E-state index contributed by atoms with van der Waals surface area (Å²) < 4.78 is 50.9. The molecule has 0 aliphatic rings. The SMILES string of the molecule is CC(C)COCCOc1ccc(OC(F)(F)F)c(Br)c1. The first-order valence-electron chi connectivity index (χ1n) is 6.04. The standard InChI is InChI=1S/C13H16BrF3O3/c1-9(2)8-18-5-6-19-10-3-4-12(11(14)7-10)20-13(15,16)17/h3-4,7,9H,5-6,8H2,1-2H3. The highest BCUT2D eigenvalue weighted by molar-refractivity contribution is 9.10. The molecule has 1 aromatic carbocycles. The van der Waals surface area contributed by atoms with E-state index in [9.17, 15) is 13.2 Å². The van der Waals surface area contributed by atoms with E-state index in [0.717, 1.165) is 0 Å². The molecule has 0 heterocycles. The quantitative estimate of drug-likeness (QED) is 0.677. The van der Waals surface area contributed by atoms with Gasteiger partial charge in [-0.15, -0.1) is 13.2 Å². The zero-order valence-corrected chi connectivity index (χ0v) is 12.8. The van der Waals surface area contributed by atoms with Gasteiger partial charge in [-0.1, -0.05) is 13.8 Å². The van der Waals surface area contributed by atoms with E-state index in [1.165, 1.54) is 18.2 Å². The third-order valence-corrected chi connectivity index (χ3v) is 2.70. The maximum Gasteiger partial charge on any atom is 0.573 e. The van der Waals surface area contributed by atoms with Crippen LogP contribution in [0.5, 0.6) is 11.5 Å². The van der Waals surface area contributed by atoms with Crippen molar-refractivity contribution < 1.29 is 27.4 Å². The van der Waals surface area contributed by atoms with E-state index in [1.54, 1.807) is 0 Å². The van der Waals surface area contributed by atoms with Crippen molar-refractivity contribution in [3.8, 4) is 11.5 Å². The average Bonchev–Trinajstić information content (AvgIpc) is 2.30. The van der Waals surface area contributed by atoms with E-state index >= 15 is 0 Å². The molecule has 0 spiro atoms. The molecule has 0 amide bonds. The van der Waals surface area contributed by atoms with Crippen molar-refractivity contribution in [1.82, 2.24) is 0 Å². The van der Waals surface area contributed by atoms with Gasteiger partial charge < -0.3 is 14.2 Å². The third-order valence-electron chi connectivity index (χ3n) is 2.08. The highest BCUT2D eigenvalue weighted by Gasteiger charge is 2.31. The molecule has 1 rings (SSSR count). The molecule has 7 heteroatoms. The van der Waals surface area contributed by atoms with Crippen LogP contribution in [0.25, 0.3) is 0 Å². The zero-order chi connectivity index (χ0) is 15.2. The van der Waals surface area contributed by atoms with Crippen LogP contribution in [0.4, 0.5) is 13.2 Å². The number of hydrogen-bond acceptors (Lipinski definition) is 3. The molecular weight excluding hydrogens is 341 g/mol. The van der Waals surface area contributed by atoms with E-state index in [0.29, 0.717) is 31.5 Å². The summed E-state index contributed by atoms with van der Waals surface area (Å²) in [4.78, 5) is 0. The zero-order valence-electron chi connectivity index (χ0n) is 11.2. The third kappa shape index (κ3) is 7.00. The maximum atomic E-state index is 12.1. The first kappa shape index (κ1) is 17.1. The van der Waals surface area contributed by atoms with Crippen molar-refractivity contribution in [2.75, 3.05) is 19.8 Å². The fraction of sp³-hybridized carbons (Fsp3) is 0.538. The fourth-order valence-electron chi connectivity index (χ4n) is 1.32. The molecule has 3 nitrogen and oxygen atoms in total. The van der Waals surface area contributed by atoms with Gasteiger partial charge >= 0.3 is 6.36 Å². The van der Waals surface area contributed by atoms with Crippen molar-refractivity contribution in [2.24, 2.45) is 5.92 Å². The van der Waals surface area contributed by atoms with Crippen LogP contribution in [0.1, 0.15) is 13.8 Å². The minimum atomic E-state index is -4.71. The molecular formula is C13H16BrF3O3. The summed E-state index contributed by atoms with van der Waals surface area (Å²) in [5.74, 6) is 0.586. The second-order valence-electron chi connectivity index (χ2n) is 4.46. The summed E-state index contributed by atoms with van der Waals surface area (Å²) in [6.07, 6.45) is -4.71. The van der Waals surface area contributed by atoms with Gasteiger partial charge in [0, 0.05) is 6.61 Å². The van der Waals surface area contributed by atoms with Crippen LogP contribution in [-0.4, -0.2) is 26.2 Å². The fourth-order valence-corrected chi connectivity index (χ4v) is 1.76. The Morgan fingerprint density at radius 2 is 1.90 bits per heavy atom. The van der Waals surface area contributed by atoms with Gasteiger partial charge in [0.2, 0.25) is 0 Å². The lowest BCUT2D eigenvalue weighted by molar-refractivity contribution is -0.274. The van der Waals surface area contributed by atoms with Crippen molar-refractivity contribution in [3.63, 3.8) is 0 Å². The molecule has 114 valence electrons. The lowest BCUT2D eigenvalue weighted by atomic mass is 10.2. The molecule has 0 bridgehead atoms. The van der Waals surface area contributed by atoms with Crippen LogP contribution in [0.15, 0.2) is 22.7 Å². The normalized spacial score (nSPS) is 11.8. The minimum absolute atomic E-state index is 0.176. The molecule has 1 aromatic rings. The van der Waals surface area contributed by atoms with Gasteiger partial charge in [-0.05, 0) is 40.0 Å². The Labute approximate surface area is 124 Å². The highest BCUT2D eigenvalue weighted by Crippen LogP contribution is 2.33. The molecule has 0 unspecified atom stereocenters. The van der Waals surface area contributed by atoms with Gasteiger partial charge in [-0.25, -0.2) is 0 Å². The molecule has 0 aromatic heterocycles. The largest absolute Gasteiger partial charge is 0.573 e. The van der Waals surface area contributed by atoms with Crippen LogP contribution in [0, 0.1) is 5.92 Å². The topological polar surface area (TPSA) is 27.7 Å². The van der Waals surface area contributed by atoms with Crippen LogP contribution < -0.4 is 9.47 Å². The van der Waals surface area contributed by atoms with E-state index in [1.807, 2.05) is 13.8 Å². The second-order valence-corrected chi connectivity index (χ2v) is 5.31. The summed E-state index contributed by atoms with van der Waals surface area (Å²) in [5, 5.41) is 0. The Balaban J connectivity index is 2.43. The van der Waals surface area contributed by atoms with Crippen molar-refractivity contribution >= 4 is 15.9 Å². The van der Waals surface area contributed by atoms with Crippen LogP contribution in [0.3, 0.4) is 0 Å². The Bertz CT molecular complexity index is 422. The number of ether oxygens (including phenoxy) is 3. The molecule has 20 heavy (non-hydrogen) atoms. The molecule has 0 aliphatic carbocycles. The van der Waals surface area contributed by atoms with Gasteiger partial charge in [0.05, 0.1) is 11.1 Å². The monoisotopic (exact) mass is 356 g/mol. The van der Waals surface area contributed by atoms with E-state index in [-0.39, 0.29) is 10.2 Å². The number of halogens is 4. The van der Waals surface area contributed by atoms with E-state index in [4.69, 9.17) is 9.47 Å². The molecule has 0 saturated carbocycles. The van der Waals surface area contributed by atoms with Gasteiger partial charge in [-0.3, -0.25) is 0 Å². The number of rotatable bonds is 7. The molecule has 0 radical (unpaired) electrons. The number of alkyl halides is 3. The summed E-state index contributed by atoms with van der Waals surface area (Å²) in [6.45, 7) is 5.48. The van der Waals surface area contributed by atoms with Gasteiger partial charge in [0.25, 0.3) is 0 Å². The van der Waals surface area contributed by atoms with E-state index < -0.39 is 6.36 Å². The van der Waals surface area contributed by atoms with E-state index in [2.05, 4.69) is 20.7 Å². The van der Waals surface area contributed by atoms with Crippen LogP contribution in [-0.2, 0) is 4.74 Å². The predicted octanol–water partition coefficient (Wildman–Crippen LogP) is 4.40. The summed E-state index contributed by atoms with van der Waals surface area (Å²) in [6, 6.07) is 4.03. The first-order chi connectivity index (χ1) is 9.28. The van der Waals surface area contributed by atoms with Crippen molar-refractivity contribution in [2.45, 2.75) is 20.2 Å². The van der Waals surface area contributed by atoms with Gasteiger partial charge in [0.1, 0.15) is 18.1 Å². The molecule has 0 saturated heterocycles. The maximum absolute atomic E-state index is 12.1.